The summed E-state index contributed by atoms with van der Waals surface area (Å²) in [7, 11) is -4.07. The van der Waals surface area contributed by atoms with E-state index in [4.69, 9.17) is 15.5 Å². The molecule has 0 fully saturated rings. The van der Waals surface area contributed by atoms with E-state index >= 15 is 0 Å². The molecule has 0 aliphatic heterocycles. The molecular weight excluding hydrogens is 389 g/mol. The van der Waals surface area contributed by atoms with E-state index in [0.29, 0.717) is 31.7 Å². The van der Waals surface area contributed by atoms with Gasteiger partial charge in [0.25, 0.3) is 0 Å². The van der Waals surface area contributed by atoms with Crippen LogP contribution in [-0.4, -0.2) is 38.3 Å². The lowest BCUT2D eigenvalue weighted by atomic mass is 10.1. The van der Waals surface area contributed by atoms with Crippen LogP contribution in [0, 0.1) is 0 Å². The van der Waals surface area contributed by atoms with Crippen molar-refractivity contribution in [2.45, 2.75) is 26.2 Å². The van der Waals surface area contributed by atoms with Gasteiger partial charge >= 0.3 is 7.60 Å². The highest BCUT2D eigenvalue weighted by Gasteiger charge is 2.16. The van der Waals surface area contributed by atoms with Crippen molar-refractivity contribution in [2.24, 2.45) is 5.73 Å². The van der Waals surface area contributed by atoms with E-state index in [1.807, 2.05) is 42.6 Å². The zero-order valence-electron chi connectivity index (χ0n) is 16.4. The second-order valence-corrected chi connectivity index (χ2v) is 8.84. The van der Waals surface area contributed by atoms with Crippen molar-refractivity contribution in [1.29, 1.82) is 0 Å². The van der Waals surface area contributed by atoms with E-state index in [1.54, 1.807) is 23.6 Å². The normalized spacial score (nSPS) is 12.0. The van der Waals surface area contributed by atoms with Crippen molar-refractivity contribution in [3.05, 3.63) is 71.4 Å². The summed E-state index contributed by atoms with van der Waals surface area (Å²) in [4.78, 5) is 32.4. The first-order chi connectivity index (χ1) is 13.8. The first-order valence-corrected chi connectivity index (χ1v) is 11.2. The first kappa shape index (κ1) is 21.4. The van der Waals surface area contributed by atoms with Crippen LogP contribution < -0.4 is 5.73 Å². The van der Waals surface area contributed by atoms with Crippen LogP contribution in [0.2, 0.25) is 0 Å². The number of aromatic nitrogens is 1. The van der Waals surface area contributed by atoms with E-state index < -0.39 is 7.60 Å². The van der Waals surface area contributed by atoms with Gasteiger partial charge in [0.05, 0.1) is 11.7 Å². The fourth-order valence-electron chi connectivity index (χ4n) is 3.52. The smallest absolute Gasteiger partial charge is 0.329 e. The molecule has 2 aromatic carbocycles. The highest BCUT2D eigenvalue weighted by Crippen LogP contribution is 2.38. The van der Waals surface area contributed by atoms with Crippen molar-refractivity contribution >= 4 is 24.4 Å². The van der Waals surface area contributed by atoms with Crippen LogP contribution >= 0.6 is 7.60 Å². The summed E-state index contributed by atoms with van der Waals surface area (Å²) in [6.07, 6.45) is 1.63. The number of para-hydroxylation sites is 1. The highest BCUT2D eigenvalue weighted by molar-refractivity contribution is 7.50. The van der Waals surface area contributed by atoms with Gasteiger partial charge in [0.1, 0.15) is 0 Å². The maximum absolute atomic E-state index is 12.0. The van der Waals surface area contributed by atoms with E-state index in [9.17, 15) is 9.36 Å². The van der Waals surface area contributed by atoms with Crippen molar-refractivity contribution in [3.8, 4) is 0 Å². The Hall–Kier alpha value is -2.28. The van der Waals surface area contributed by atoms with Crippen molar-refractivity contribution in [3.63, 3.8) is 0 Å². The average Bonchev–Trinajstić information content (AvgIpc) is 3.01. The first-order valence-electron chi connectivity index (χ1n) is 9.41. The Labute approximate surface area is 169 Å². The molecule has 4 N–H and O–H groups in total. The Balaban J connectivity index is 1.80. The summed E-state index contributed by atoms with van der Waals surface area (Å²) >= 11 is 0. The summed E-state index contributed by atoms with van der Waals surface area (Å²) in [5.74, 6) is -0.0292. The molecule has 29 heavy (non-hydrogen) atoms. The van der Waals surface area contributed by atoms with Gasteiger partial charge < -0.3 is 15.5 Å². The second kappa shape index (κ2) is 9.03. The number of fused-ring (bicyclic) bond motifs is 1. The minimum Gasteiger partial charge on any atom is -0.329 e. The molecule has 0 amide bonds. The van der Waals surface area contributed by atoms with Gasteiger partial charge in [0.15, 0.2) is 0 Å². The Kier molecular flexibility index (Phi) is 6.67. The van der Waals surface area contributed by atoms with Gasteiger partial charge in [0.2, 0.25) is 5.91 Å². The third-order valence-electron chi connectivity index (χ3n) is 4.79. The molecule has 0 saturated carbocycles. The van der Waals surface area contributed by atoms with Gasteiger partial charge in [-0.25, -0.2) is 0 Å². The predicted molar refractivity (Wildman–Crippen MR) is 114 cm³/mol. The number of benzene rings is 2. The predicted octanol–water partition coefficient (Wildman–Crippen LogP) is 2.94. The Morgan fingerprint density at radius 2 is 1.72 bits per heavy atom. The Bertz CT molecular complexity index is 1040. The maximum Gasteiger partial charge on any atom is 0.329 e. The summed E-state index contributed by atoms with van der Waals surface area (Å²) in [5, 5.41) is 1.04. The van der Waals surface area contributed by atoms with Gasteiger partial charge in [-0.1, -0.05) is 42.5 Å². The number of hydrogen-bond acceptors (Lipinski definition) is 4. The van der Waals surface area contributed by atoms with Gasteiger partial charge in [-0.2, -0.15) is 0 Å². The lowest BCUT2D eigenvalue weighted by Crippen LogP contribution is -2.28. The van der Waals surface area contributed by atoms with Crippen LogP contribution in [0.1, 0.15) is 28.4 Å². The molecule has 0 atom stereocenters. The van der Waals surface area contributed by atoms with Crippen LogP contribution in [0.5, 0.6) is 0 Å². The molecular formula is C21H26N3O4P. The molecule has 1 aromatic heterocycles. The monoisotopic (exact) mass is 415 g/mol. The van der Waals surface area contributed by atoms with Crippen LogP contribution in [0.3, 0.4) is 0 Å². The zero-order chi connectivity index (χ0) is 21.0. The molecule has 1 heterocycles. The molecule has 0 aliphatic carbocycles. The molecule has 0 radical (unpaired) electrons. The van der Waals surface area contributed by atoms with Gasteiger partial charge in [-0.15, -0.1) is 0 Å². The molecule has 154 valence electrons. The lowest BCUT2D eigenvalue weighted by Gasteiger charge is -2.21. The van der Waals surface area contributed by atoms with E-state index in [-0.39, 0.29) is 12.1 Å². The van der Waals surface area contributed by atoms with Crippen molar-refractivity contribution in [1.82, 2.24) is 9.47 Å². The minimum atomic E-state index is -4.07. The molecule has 0 spiro atoms. The molecule has 0 unspecified atom stereocenters. The number of hydrogen-bond donors (Lipinski definition) is 3. The average molecular weight is 415 g/mol. The number of rotatable bonds is 8. The van der Waals surface area contributed by atoms with Crippen molar-refractivity contribution in [2.75, 3.05) is 13.1 Å². The summed E-state index contributed by atoms with van der Waals surface area (Å²) < 4.78 is 12.8. The van der Waals surface area contributed by atoms with Gasteiger partial charge in [-0.3, -0.25) is 18.8 Å². The third kappa shape index (κ3) is 5.63. The Morgan fingerprint density at radius 1 is 1.07 bits per heavy atom. The van der Waals surface area contributed by atoms with Crippen LogP contribution in [0.4, 0.5) is 0 Å². The number of nitrogens with zero attached hydrogens (tertiary/aromatic N) is 2. The zero-order valence-corrected chi connectivity index (χ0v) is 17.3. The van der Waals surface area contributed by atoms with Crippen LogP contribution in [0.15, 0.2) is 54.7 Å². The Morgan fingerprint density at radius 3 is 2.34 bits per heavy atom. The maximum atomic E-state index is 12.0. The SMILES string of the molecule is CC(=O)n1cc(CN(CCN)Cc2ccc(CP(=O)(O)O)cc2)c2ccccc21. The fourth-order valence-corrected chi connectivity index (χ4v) is 4.21. The van der Waals surface area contributed by atoms with E-state index in [0.717, 1.165) is 22.0 Å². The molecule has 3 aromatic rings. The lowest BCUT2D eigenvalue weighted by molar-refractivity contribution is 0.0941. The standard InChI is InChI=1S/C21H26N3O4P/c1-16(25)24-14-19(20-4-2-3-5-21(20)24)13-23(11-10-22)12-17-6-8-18(9-7-17)15-29(26,27)28/h2-9,14H,10-13,15,22H2,1H3,(H2,26,27,28). The summed E-state index contributed by atoms with van der Waals surface area (Å²) in [5.41, 5.74) is 9.40. The molecule has 0 aliphatic rings. The molecule has 7 nitrogen and oxygen atoms in total. The van der Waals surface area contributed by atoms with Crippen molar-refractivity contribution < 1.29 is 19.1 Å². The van der Waals surface area contributed by atoms with Crippen LogP contribution in [-0.2, 0) is 23.8 Å². The largest absolute Gasteiger partial charge is 0.329 e. The summed E-state index contributed by atoms with van der Waals surface area (Å²) in [6, 6.07) is 15.1. The van der Waals surface area contributed by atoms with Gasteiger partial charge in [-0.05, 0) is 22.8 Å². The number of carbonyl (C=O) groups is 1. The molecule has 0 saturated heterocycles. The number of nitrogens with two attached hydrogens (primary N) is 1. The van der Waals surface area contributed by atoms with Gasteiger partial charge in [0, 0.05) is 44.7 Å². The highest BCUT2D eigenvalue weighted by atomic mass is 31.2. The van der Waals surface area contributed by atoms with Crippen LogP contribution in [0.25, 0.3) is 10.9 Å². The second-order valence-electron chi connectivity index (χ2n) is 7.20. The quantitative estimate of drug-likeness (QED) is 0.488. The minimum absolute atomic E-state index is 0.0292. The molecule has 0 bridgehead atoms. The molecule has 8 heteroatoms. The summed E-state index contributed by atoms with van der Waals surface area (Å²) in [6.45, 7) is 4.02. The number of carbonyl (C=O) groups excluding carboxylic acids is 1. The van der Waals surface area contributed by atoms with E-state index in [2.05, 4.69) is 4.90 Å². The fraction of sp³-hybridized carbons (Fsp3) is 0.286. The third-order valence-corrected chi connectivity index (χ3v) is 5.57. The molecule has 3 rings (SSSR count). The topological polar surface area (TPSA) is 109 Å². The van der Waals surface area contributed by atoms with E-state index in [1.165, 1.54) is 0 Å².